The first-order valence-corrected chi connectivity index (χ1v) is 37.4. The van der Waals surface area contributed by atoms with E-state index in [1.807, 2.05) is 275 Å². The Kier molecular flexibility index (Phi) is 45.3. The van der Waals surface area contributed by atoms with Gasteiger partial charge in [0, 0.05) is 20.0 Å². The van der Waals surface area contributed by atoms with Crippen molar-refractivity contribution in [3.05, 3.63) is 144 Å². The van der Waals surface area contributed by atoms with E-state index in [0.717, 1.165) is 61.6 Å². The highest BCUT2D eigenvalue weighted by Crippen LogP contribution is 2.37. The molecule has 584 valence electrons. The molecule has 0 spiro atoms. The topological polar surface area (TPSA) is 193 Å². The molecule has 0 bridgehead atoms. The van der Waals surface area contributed by atoms with Crippen molar-refractivity contribution in [3.8, 4) is 0 Å². The molecule has 15 nitrogen and oxygen atoms in total. The van der Waals surface area contributed by atoms with E-state index in [1.54, 1.807) is 7.11 Å². The monoisotopic (exact) mass is 1440 g/mol. The minimum atomic E-state index is -0.649. The minimum Gasteiger partial charge on any atom is -0.459 e. The molecule has 0 aliphatic heterocycles. The van der Waals surface area contributed by atoms with Crippen LogP contribution in [0, 0.1) is 47.3 Å². The van der Waals surface area contributed by atoms with Gasteiger partial charge in [0.05, 0.1) is 48.0 Å². The highest BCUT2D eigenvalue weighted by molar-refractivity contribution is 5.74. The molecule has 4 aromatic carbocycles. The summed E-state index contributed by atoms with van der Waals surface area (Å²) in [5.74, 6) is -0.714. The molecular weight excluding hydrogens is 1300 g/mol. The van der Waals surface area contributed by atoms with E-state index < -0.39 is 22.4 Å². The molecule has 0 saturated heterocycles. The summed E-state index contributed by atoms with van der Waals surface area (Å²) in [6.07, 6.45) is 12.3. The van der Waals surface area contributed by atoms with Crippen LogP contribution in [-0.2, 0) is 95.5 Å². The van der Waals surface area contributed by atoms with E-state index in [0.29, 0.717) is 18.9 Å². The van der Waals surface area contributed by atoms with Crippen molar-refractivity contribution < 1.29 is 71.5 Å². The van der Waals surface area contributed by atoms with Crippen LogP contribution in [0.3, 0.4) is 0 Å². The van der Waals surface area contributed by atoms with Crippen molar-refractivity contribution in [2.45, 2.75) is 311 Å². The van der Waals surface area contributed by atoms with Gasteiger partial charge >= 0.3 is 41.8 Å². The van der Waals surface area contributed by atoms with Crippen LogP contribution in [-0.4, -0.2) is 83.5 Å². The molecule has 4 aromatic rings. The Bertz CT molecular complexity index is 3000. The molecule has 103 heavy (non-hydrogen) atoms. The number of hydrogen-bond acceptors (Lipinski definition) is 15. The molecule has 15 heteroatoms. The highest BCUT2D eigenvalue weighted by atomic mass is 16.6. The molecule has 6 rings (SSSR count). The van der Waals surface area contributed by atoms with Crippen molar-refractivity contribution in [2.24, 2.45) is 47.3 Å². The maximum absolute atomic E-state index is 12.1. The summed E-state index contributed by atoms with van der Waals surface area (Å²) in [7, 11) is 1.59. The van der Waals surface area contributed by atoms with Crippen LogP contribution in [0.25, 0.3) is 0 Å². The Morgan fingerprint density at radius 3 is 1.05 bits per heavy atom. The standard InChI is InChI=1S/C19H22O2.C14H20O2.C13H18O2.C11H20O2.C11H22O2.C10H18O2.C9H18O3.CH4/c1-15(2)18(20)21-19(3,17-12-8-5-9-13-17)14-16-10-6-4-7-11-16;1-11(2)13(15)16-14(3,4)10-12-8-6-5-7-9-12;1-10(2)12(14)15-13(3,4)11-8-6-5-7-9-11;1-4-11(7-5-6-8-11)13-10(12)9(2)3;1-8(2)7-11(5,6)13-10(12)9(3)4;1-8(2)9(11)12-10(3)6-4-5-7-10;1-7(2)8(10)12-9(3,4)6-11-5;/h4-13,15H,14H2,1-3H3;5-9,11H,10H2,1-4H3;5-10H,1-4H3;9H,4-8H2,1-3H3;8-9H,7H2,1-6H3;8H,4-7H2,1-3H3;7H,6H2,1-5H3;1H4. The third-order valence-corrected chi connectivity index (χ3v) is 16.7. The van der Waals surface area contributed by atoms with E-state index >= 15 is 0 Å². The quantitative estimate of drug-likeness (QED) is 0.0449. The second-order valence-electron chi connectivity index (χ2n) is 32.5. The SMILES string of the molecule is C.CC(C)C(=O)OC(C)(C)Cc1ccccc1.CC(C)C(=O)OC(C)(C)c1ccccc1.CC(C)C(=O)OC(C)(Cc1ccccc1)c1ccccc1.CC(C)C(=O)OC1(C)CCCC1.CC(C)CC(C)(C)OC(=O)C(C)C.CCC1(OC(=O)C(C)C)CCCC1.COCC(C)(C)OC(=O)C(C)C. The lowest BCUT2D eigenvalue weighted by Gasteiger charge is -2.31. The van der Waals surface area contributed by atoms with Gasteiger partial charge in [-0.3, -0.25) is 33.6 Å². The zero-order chi connectivity index (χ0) is 78.5. The number of esters is 7. The summed E-state index contributed by atoms with van der Waals surface area (Å²) in [4.78, 5) is 80.3. The van der Waals surface area contributed by atoms with Crippen molar-refractivity contribution in [1.82, 2.24) is 0 Å². The van der Waals surface area contributed by atoms with Crippen molar-refractivity contribution in [2.75, 3.05) is 13.7 Å². The van der Waals surface area contributed by atoms with Gasteiger partial charge in [0.2, 0.25) is 0 Å². The fraction of sp³-hybridized carbons (Fsp3) is 0.648. The van der Waals surface area contributed by atoms with Gasteiger partial charge in [0.15, 0.2) is 0 Å². The zero-order valence-electron chi connectivity index (χ0n) is 68.5. The van der Waals surface area contributed by atoms with Crippen LogP contribution in [0.2, 0.25) is 0 Å². The zero-order valence-corrected chi connectivity index (χ0v) is 68.5. The maximum atomic E-state index is 12.1. The fourth-order valence-corrected chi connectivity index (χ4v) is 10.7. The first-order chi connectivity index (χ1) is 47.1. The van der Waals surface area contributed by atoms with Gasteiger partial charge in [0.25, 0.3) is 0 Å². The van der Waals surface area contributed by atoms with E-state index in [4.69, 9.17) is 37.9 Å². The van der Waals surface area contributed by atoms with Crippen molar-refractivity contribution in [1.29, 1.82) is 0 Å². The maximum Gasteiger partial charge on any atom is 0.309 e. The molecular formula is C88H142O15. The molecule has 0 N–H and O–H groups in total. The largest absolute Gasteiger partial charge is 0.459 e. The number of rotatable bonds is 25. The Balaban J connectivity index is 0. The van der Waals surface area contributed by atoms with Crippen molar-refractivity contribution in [3.63, 3.8) is 0 Å². The van der Waals surface area contributed by atoms with Crippen LogP contribution in [0.15, 0.2) is 121 Å². The predicted molar refractivity (Wildman–Crippen MR) is 419 cm³/mol. The molecule has 0 amide bonds. The smallest absolute Gasteiger partial charge is 0.309 e. The number of hydrogen-bond donors (Lipinski definition) is 0. The fourth-order valence-electron chi connectivity index (χ4n) is 10.7. The first kappa shape index (κ1) is 98.2. The minimum absolute atomic E-state index is 0. The normalized spacial score (nSPS) is 14.3. The Hall–Kier alpha value is -6.87. The van der Waals surface area contributed by atoms with Gasteiger partial charge in [-0.1, -0.05) is 246 Å². The summed E-state index contributed by atoms with van der Waals surface area (Å²) >= 11 is 0. The number of benzene rings is 4. The van der Waals surface area contributed by atoms with Crippen LogP contribution in [0.5, 0.6) is 0 Å². The molecule has 0 heterocycles. The van der Waals surface area contributed by atoms with Crippen LogP contribution < -0.4 is 0 Å². The molecule has 0 aromatic heterocycles. The lowest BCUT2D eigenvalue weighted by atomic mass is 9.88. The summed E-state index contributed by atoms with van der Waals surface area (Å²) in [5, 5.41) is 0. The Morgan fingerprint density at radius 2 is 0.689 bits per heavy atom. The lowest BCUT2D eigenvalue weighted by molar-refractivity contribution is -0.165. The third kappa shape index (κ3) is 42.0. The number of methoxy groups -OCH3 is 1. The van der Waals surface area contributed by atoms with Gasteiger partial charge in [-0.05, 0) is 162 Å². The van der Waals surface area contributed by atoms with Crippen molar-refractivity contribution >= 4 is 41.8 Å². The Morgan fingerprint density at radius 1 is 0.379 bits per heavy atom. The molecule has 0 radical (unpaired) electrons. The molecule has 2 aliphatic carbocycles. The van der Waals surface area contributed by atoms with Crippen LogP contribution >= 0.6 is 0 Å². The van der Waals surface area contributed by atoms with Gasteiger partial charge in [-0.25, -0.2) is 0 Å². The van der Waals surface area contributed by atoms with E-state index in [1.165, 1.54) is 31.2 Å². The average Bonchev–Trinajstić information content (AvgIpc) is 1.44. The van der Waals surface area contributed by atoms with Gasteiger partial charge in [-0.2, -0.15) is 0 Å². The molecule has 2 saturated carbocycles. The van der Waals surface area contributed by atoms with Gasteiger partial charge in [0.1, 0.15) is 39.2 Å². The number of carbonyl (C=O) groups is 7. The number of carbonyl (C=O) groups excluding carboxylic acids is 7. The summed E-state index contributed by atoms with van der Waals surface area (Å²) in [5.41, 5.74) is 1.62. The van der Waals surface area contributed by atoms with E-state index in [2.05, 4.69) is 32.9 Å². The number of ether oxygens (including phenoxy) is 8. The van der Waals surface area contributed by atoms with Crippen LogP contribution in [0.1, 0.15) is 281 Å². The highest BCUT2D eigenvalue weighted by Gasteiger charge is 2.37. The summed E-state index contributed by atoms with van der Waals surface area (Å²) in [6.45, 7) is 52.1. The average molecular weight is 1440 g/mol. The molecule has 2 aliphatic rings. The molecule has 1 unspecified atom stereocenters. The lowest BCUT2D eigenvalue weighted by Crippen LogP contribution is -2.34. The summed E-state index contributed by atoms with van der Waals surface area (Å²) < 4.78 is 43.2. The van der Waals surface area contributed by atoms with E-state index in [9.17, 15) is 33.6 Å². The van der Waals surface area contributed by atoms with E-state index in [-0.39, 0.29) is 107 Å². The van der Waals surface area contributed by atoms with Gasteiger partial charge < -0.3 is 37.9 Å². The Labute approximate surface area is 625 Å². The second-order valence-corrected chi connectivity index (χ2v) is 32.5. The second kappa shape index (κ2) is 47.6. The molecule has 2 fully saturated rings. The predicted octanol–water partition coefficient (Wildman–Crippen LogP) is 21.4. The summed E-state index contributed by atoms with van der Waals surface area (Å²) in [6, 6.07) is 39.9. The first-order valence-electron chi connectivity index (χ1n) is 37.4. The molecule has 1 atom stereocenters. The van der Waals surface area contributed by atoms with Crippen LogP contribution in [0.4, 0.5) is 0 Å². The van der Waals surface area contributed by atoms with Gasteiger partial charge in [-0.15, -0.1) is 0 Å². The third-order valence-electron chi connectivity index (χ3n) is 16.7.